The Morgan fingerprint density at radius 3 is 2.71 bits per heavy atom. The molecule has 4 nitrogen and oxygen atoms in total. The van der Waals surface area contributed by atoms with E-state index >= 15 is 0 Å². The number of H-pyrrole nitrogens is 1. The molecule has 1 saturated heterocycles. The van der Waals surface area contributed by atoms with Gasteiger partial charge in [0.1, 0.15) is 0 Å². The van der Waals surface area contributed by atoms with E-state index < -0.39 is 0 Å². The summed E-state index contributed by atoms with van der Waals surface area (Å²) in [5, 5.41) is 7.83. The van der Waals surface area contributed by atoms with Crippen LogP contribution in [0.4, 0.5) is 0 Å². The first kappa shape index (κ1) is 20.8. The monoisotopic (exact) mass is 415 g/mol. The van der Waals surface area contributed by atoms with Crippen LogP contribution in [-0.4, -0.2) is 41.5 Å². The fraction of sp³-hybridized carbons (Fsp3) is 0.318. The predicted octanol–water partition coefficient (Wildman–Crippen LogP) is 3.93. The van der Waals surface area contributed by atoms with Gasteiger partial charge in [0.2, 0.25) is 5.91 Å². The fourth-order valence-electron chi connectivity index (χ4n) is 3.74. The van der Waals surface area contributed by atoms with Gasteiger partial charge in [0.15, 0.2) is 0 Å². The van der Waals surface area contributed by atoms with Crippen LogP contribution in [0.2, 0.25) is 0 Å². The van der Waals surface area contributed by atoms with Gasteiger partial charge in [0.05, 0.1) is 0 Å². The number of amides is 1. The number of halogens is 1. The minimum Gasteiger partial charge on any atom is -0.361 e. The number of hydrogen-bond acceptors (Lipinski definition) is 3. The number of aromatic amines is 1. The van der Waals surface area contributed by atoms with Crippen molar-refractivity contribution in [3.05, 3.63) is 71.9 Å². The topological polar surface area (TPSA) is 56.9 Å². The van der Waals surface area contributed by atoms with Crippen LogP contribution in [0.25, 0.3) is 10.9 Å². The largest absolute Gasteiger partial charge is 0.361 e. The summed E-state index contributed by atoms with van der Waals surface area (Å²) in [6.45, 7) is 1.59. The Balaban J connectivity index is 0.00000225. The molecule has 0 aliphatic carbocycles. The number of thioether (sulfide) groups is 1. The Hall–Kier alpha value is -1.95. The van der Waals surface area contributed by atoms with Crippen LogP contribution >= 0.6 is 24.2 Å². The first-order chi connectivity index (χ1) is 13.3. The molecule has 28 heavy (non-hydrogen) atoms. The number of hydrogen-bond donors (Lipinski definition) is 3. The molecule has 3 N–H and O–H groups in total. The van der Waals surface area contributed by atoms with Crippen molar-refractivity contribution < 1.29 is 4.79 Å². The molecule has 4 rings (SSSR count). The van der Waals surface area contributed by atoms with Crippen molar-refractivity contribution in [3.8, 4) is 0 Å². The number of carbonyl (C=O) groups is 1. The van der Waals surface area contributed by atoms with Gasteiger partial charge in [0, 0.05) is 60.1 Å². The highest BCUT2D eigenvalue weighted by Crippen LogP contribution is 2.30. The quantitative estimate of drug-likeness (QED) is 0.571. The average Bonchev–Trinajstić information content (AvgIpc) is 3.14. The normalized spacial score (nSPS) is 17.6. The first-order valence-electron chi connectivity index (χ1n) is 9.50. The molecule has 3 aromatic rings. The number of nitrogens with one attached hydrogen (secondary N) is 3. The van der Waals surface area contributed by atoms with Crippen molar-refractivity contribution in [1.82, 2.24) is 15.6 Å². The summed E-state index contributed by atoms with van der Waals surface area (Å²) in [6, 6.07) is 19.0. The predicted molar refractivity (Wildman–Crippen MR) is 121 cm³/mol. The Kier molecular flexibility index (Phi) is 7.43. The SMILES string of the molecule is Cl.O=C(CC1CSCCN1)NCC(c1ccccc1)c1c[nH]c2ccccc12. The number of aromatic nitrogens is 1. The van der Waals surface area contributed by atoms with Crippen LogP contribution in [0.1, 0.15) is 23.5 Å². The van der Waals surface area contributed by atoms with Crippen LogP contribution in [0.3, 0.4) is 0 Å². The van der Waals surface area contributed by atoms with Gasteiger partial charge in [-0.05, 0) is 17.2 Å². The van der Waals surface area contributed by atoms with Crippen molar-refractivity contribution in [1.29, 1.82) is 0 Å². The molecular formula is C22H26ClN3OS. The molecule has 0 saturated carbocycles. The van der Waals surface area contributed by atoms with E-state index in [1.165, 1.54) is 16.5 Å². The molecule has 2 heterocycles. The van der Waals surface area contributed by atoms with Crippen LogP contribution in [0.15, 0.2) is 60.8 Å². The Morgan fingerprint density at radius 2 is 1.93 bits per heavy atom. The third kappa shape index (κ3) is 4.90. The number of fused-ring (bicyclic) bond motifs is 1. The highest BCUT2D eigenvalue weighted by molar-refractivity contribution is 7.99. The maximum Gasteiger partial charge on any atom is 0.221 e. The molecule has 148 valence electrons. The van der Waals surface area contributed by atoms with Crippen molar-refractivity contribution in [2.24, 2.45) is 0 Å². The summed E-state index contributed by atoms with van der Waals surface area (Å²) in [6.07, 6.45) is 2.62. The second-order valence-electron chi connectivity index (χ2n) is 6.99. The second kappa shape index (κ2) is 10.0. The molecule has 1 fully saturated rings. The molecule has 2 aromatic carbocycles. The summed E-state index contributed by atoms with van der Waals surface area (Å²) < 4.78 is 0. The summed E-state index contributed by atoms with van der Waals surface area (Å²) in [5.41, 5.74) is 3.57. The Morgan fingerprint density at radius 1 is 1.14 bits per heavy atom. The smallest absolute Gasteiger partial charge is 0.221 e. The molecule has 1 aliphatic heterocycles. The lowest BCUT2D eigenvalue weighted by Gasteiger charge is -2.23. The number of para-hydroxylation sites is 1. The van der Waals surface area contributed by atoms with E-state index in [2.05, 4.69) is 64.3 Å². The molecular weight excluding hydrogens is 390 g/mol. The van der Waals surface area contributed by atoms with E-state index in [9.17, 15) is 4.79 Å². The van der Waals surface area contributed by atoms with Crippen molar-refractivity contribution in [2.45, 2.75) is 18.4 Å². The molecule has 2 atom stereocenters. The molecule has 2 unspecified atom stereocenters. The lowest BCUT2D eigenvalue weighted by atomic mass is 9.91. The minimum atomic E-state index is 0. The third-order valence-electron chi connectivity index (χ3n) is 5.13. The third-order valence-corrected chi connectivity index (χ3v) is 6.26. The molecule has 1 aromatic heterocycles. The highest BCUT2D eigenvalue weighted by atomic mass is 35.5. The molecule has 1 aliphatic rings. The van der Waals surface area contributed by atoms with E-state index in [1.54, 1.807) is 0 Å². The van der Waals surface area contributed by atoms with Crippen LogP contribution < -0.4 is 10.6 Å². The van der Waals surface area contributed by atoms with Gasteiger partial charge >= 0.3 is 0 Å². The number of carbonyl (C=O) groups excluding carboxylic acids is 1. The fourth-order valence-corrected chi connectivity index (χ4v) is 4.69. The standard InChI is InChI=1S/C22H25N3OS.ClH/c26-22(12-17-15-27-11-10-23-17)25-13-19(16-6-2-1-3-7-16)20-14-24-21-9-5-4-8-18(20)21;/h1-9,14,17,19,23-24H,10-13,15H2,(H,25,26);1H. The zero-order valence-electron chi connectivity index (χ0n) is 15.7. The van der Waals surface area contributed by atoms with Crippen molar-refractivity contribution in [3.63, 3.8) is 0 Å². The van der Waals surface area contributed by atoms with Gasteiger partial charge in [-0.15, -0.1) is 12.4 Å². The van der Waals surface area contributed by atoms with Crippen molar-refractivity contribution in [2.75, 3.05) is 24.6 Å². The minimum absolute atomic E-state index is 0. The summed E-state index contributed by atoms with van der Waals surface area (Å²) in [5.74, 6) is 2.39. The van der Waals surface area contributed by atoms with Crippen molar-refractivity contribution >= 4 is 41.0 Å². The molecule has 0 spiro atoms. The van der Waals surface area contributed by atoms with E-state index in [0.717, 1.165) is 23.6 Å². The van der Waals surface area contributed by atoms with Crippen LogP contribution in [-0.2, 0) is 4.79 Å². The van der Waals surface area contributed by atoms with Gasteiger partial charge in [-0.2, -0.15) is 11.8 Å². The summed E-state index contributed by atoms with van der Waals surface area (Å²) >= 11 is 1.92. The van der Waals surface area contributed by atoms with E-state index in [1.807, 2.05) is 23.9 Å². The highest BCUT2D eigenvalue weighted by Gasteiger charge is 2.21. The van der Waals surface area contributed by atoms with E-state index in [-0.39, 0.29) is 30.3 Å². The zero-order valence-corrected chi connectivity index (χ0v) is 17.3. The number of rotatable bonds is 6. The molecule has 6 heteroatoms. The summed E-state index contributed by atoms with van der Waals surface area (Å²) in [4.78, 5) is 15.9. The first-order valence-corrected chi connectivity index (χ1v) is 10.7. The second-order valence-corrected chi connectivity index (χ2v) is 8.14. The van der Waals surface area contributed by atoms with Gasteiger partial charge < -0.3 is 15.6 Å². The molecule has 1 amide bonds. The maximum atomic E-state index is 12.5. The zero-order chi connectivity index (χ0) is 18.5. The van der Waals surface area contributed by atoms with Crippen LogP contribution in [0, 0.1) is 0 Å². The van der Waals surface area contributed by atoms with E-state index in [4.69, 9.17) is 0 Å². The maximum absolute atomic E-state index is 12.5. The lowest BCUT2D eigenvalue weighted by Crippen LogP contribution is -2.42. The van der Waals surface area contributed by atoms with Crippen LogP contribution in [0.5, 0.6) is 0 Å². The number of benzene rings is 2. The molecule has 0 bridgehead atoms. The van der Waals surface area contributed by atoms with Gasteiger partial charge in [-0.3, -0.25) is 4.79 Å². The summed E-state index contributed by atoms with van der Waals surface area (Å²) in [7, 11) is 0. The molecule has 0 radical (unpaired) electrons. The Labute approximate surface area is 176 Å². The van der Waals surface area contributed by atoms with Gasteiger partial charge in [0.25, 0.3) is 0 Å². The van der Waals surface area contributed by atoms with Gasteiger partial charge in [-0.1, -0.05) is 48.5 Å². The Bertz CT molecular complexity index is 893. The average molecular weight is 416 g/mol. The lowest BCUT2D eigenvalue weighted by molar-refractivity contribution is -0.121. The van der Waals surface area contributed by atoms with E-state index in [0.29, 0.717) is 13.0 Å². The van der Waals surface area contributed by atoms with Gasteiger partial charge in [-0.25, -0.2) is 0 Å².